The minimum absolute atomic E-state index is 0.0445. The summed E-state index contributed by atoms with van der Waals surface area (Å²) >= 11 is 11.7. The molecule has 3 aromatic rings. The molecule has 11 heteroatoms. The predicted octanol–water partition coefficient (Wildman–Crippen LogP) is 3.41. The van der Waals surface area contributed by atoms with E-state index in [1.807, 2.05) is 0 Å². The van der Waals surface area contributed by atoms with E-state index in [1.54, 1.807) is 29.2 Å². The Bertz CT molecular complexity index is 1190. The van der Waals surface area contributed by atoms with Crippen LogP contribution in [-0.2, 0) is 14.8 Å². The van der Waals surface area contributed by atoms with E-state index in [0.717, 1.165) is 0 Å². The summed E-state index contributed by atoms with van der Waals surface area (Å²) in [6.45, 7) is 1.57. The second-order valence-electron chi connectivity index (χ2n) is 6.24. The van der Waals surface area contributed by atoms with Crippen LogP contribution in [0.2, 0.25) is 10.3 Å². The number of hydrogen-bond acceptors (Lipinski definition) is 6. The minimum Gasteiger partial charge on any atom is -0.449 e. The average Bonchev–Trinajstić information content (AvgIpc) is 3.05. The number of morpholine rings is 1. The summed E-state index contributed by atoms with van der Waals surface area (Å²) in [5.74, 6) is -0.530. The Labute approximate surface area is 176 Å². The number of fused-ring (bicyclic) bond motifs is 1. The van der Waals surface area contributed by atoms with Gasteiger partial charge in [0, 0.05) is 18.5 Å². The summed E-state index contributed by atoms with van der Waals surface area (Å²) < 4.78 is 39.3. The molecule has 0 spiro atoms. The SMILES string of the molecule is O=C(c1oc2ccccc2c1NS(=O)(=O)c1ccc(Cl)nc1Cl)N1CCOCC1. The predicted molar refractivity (Wildman–Crippen MR) is 108 cm³/mol. The van der Waals surface area contributed by atoms with E-state index in [4.69, 9.17) is 32.4 Å². The first-order valence-electron chi connectivity index (χ1n) is 8.60. The van der Waals surface area contributed by atoms with Crippen molar-refractivity contribution in [3.63, 3.8) is 0 Å². The largest absolute Gasteiger partial charge is 0.449 e. The fraction of sp³-hybridized carbons (Fsp3) is 0.222. The molecule has 0 bridgehead atoms. The van der Waals surface area contributed by atoms with Crippen LogP contribution in [0.1, 0.15) is 10.6 Å². The third kappa shape index (κ3) is 3.91. The number of anilines is 1. The molecule has 3 heterocycles. The maximum Gasteiger partial charge on any atom is 0.291 e. The number of ether oxygens (including phenoxy) is 1. The van der Waals surface area contributed by atoms with Crippen molar-refractivity contribution in [3.05, 3.63) is 52.5 Å². The number of carbonyl (C=O) groups is 1. The van der Waals surface area contributed by atoms with E-state index in [9.17, 15) is 13.2 Å². The van der Waals surface area contributed by atoms with Crippen molar-refractivity contribution in [2.45, 2.75) is 4.90 Å². The lowest BCUT2D eigenvalue weighted by atomic mass is 10.2. The zero-order valence-electron chi connectivity index (χ0n) is 14.9. The van der Waals surface area contributed by atoms with Crippen LogP contribution in [0.15, 0.2) is 45.7 Å². The van der Waals surface area contributed by atoms with E-state index in [1.165, 1.54) is 12.1 Å². The number of carbonyl (C=O) groups excluding carboxylic acids is 1. The van der Waals surface area contributed by atoms with Gasteiger partial charge < -0.3 is 14.1 Å². The summed E-state index contributed by atoms with van der Waals surface area (Å²) in [6, 6.07) is 9.32. The first kappa shape index (κ1) is 20.0. The summed E-state index contributed by atoms with van der Waals surface area (Å²) in [6.07, 6.45) is 0. The van der Waals surface area contributed by atoms with Crippen LogP contribution in [0, 0.1) is 0 Å². The van der Waals surface area contributed by atoms with Crippen molar-refractivity contribution in [3.8, 4) is 0 Å². The molecule has 0 aliphatic carbocycles. The van der Waals surface area contributed by atoms with E-state index >= 15 is 0 Å². The number of hydrogen-bond donors (Lipinski definition) is 1. The van der Waals surface area contributed by atoms with Crippen LogP contribution >= 0.6 is 23.2 Å². The van der Waals surface area contributed by atoms with Gasteiger partial charge in [0.2, 0.25) is 5.76 Å². The monoisotopic (exact) mass is 455 g/mol. The molecule has 1 N–H and O–H groups in total. The molecule has 1 aliphatic heterocycles. The van der Waals surface area contributed by atoms with Gasteiger partial charge in [0.05, 0.1) is 13.2 Å². The van der Waals surface area contributed by atoms with Crippen molar-refractivity contribution in [2.24, 2.45) is 0 Å². The molecule has 0 unspecified atom stereocenters. The number of benzene rings is 1. The molecule has 4 rings (SSSR count). The van der Waals surface area contributed by atoms with Crippen LogP contribution in [0.5, 0.6) is 0 Å². The van der Waals surface area contributed by atoms with Gasteiger partial charge in [0.15, 0.2) is 5.15 Å². The van der Waals surface area contributed by atoms with E-state index in [-0.39, 0.29) is 26.6 Å². The van der Waals surface area contributed by atoms with Gasteiger partial charge >= 0.3 is 0 Å². The van der Waals surface area contributed by atoms with Crippen LogP contribution in [-0.4, -0.2) is 50.5 Å². The topological polar surface area (TPSA) is 102 Å². The molecule has 1 aromatic carbocycles. The van der Waals surface area contributed by atoms with Crippen molar-refractivity contribution in [1.82, 2.24) is 9.88 Å². The van der Waals surface area contributed by atoms with Crippen LogP contribution in [0.4, 0.5) is 5.69 Å². The molecule has 2 aromatic heterocycles. The Morgan fingerprint density at radius 2 is 1.83 bits per heavy atom. The number of pyridine rings is 1. The molecule has 152 valence electrons. The highest BCUT2D eigenvalue weighted by Crippen LogP contribution is 2.34. The molecule has 1 aliphatic rings. The number of rotatable bonds is 4. The third-order valence-corrected chi connectivity index (χ3v) is 6.39. The van der Waals surface area contributed by atoms with E-state index in [2.05, 4.69) is 9.71 Å². The van der Waals surface area contributed by atoms with Gasteiger partial charge in [-0.2, -0.15) is 0 Å². The van der Waals surface area contributed by atoms with Gasteiger partial charge in [0.25, 0.3) is 15.9 Å². The summed E-state index contributed by atoms with van der Waals surface area (Å²) in [7, 11) is -4.17. The fourth-order valence-corrected chi connectivity index (χ4v) is 4.74. The lowest BCUT2D eigenvalue weighted by molar-refractivity contribution is 0.0285. The zero-order chi connectivity index (χ0) is 20.6. The van der Waals surface area contributed by atoms with Gasteiger partial charge in [0.1, 0.15) is 21.3 Å². The molecule has 0 saturated carbocycles. The lowest BCUT2D eigenvalue weighted by Gasteiger charge is -2.26. The Morgan fingerprint density at radius 3 is 2.55 bits per heavy atom. The molecule has 0 radical (unpaired) electrons. The molecular formula is C18H15Cl2N3O5S. The quantitative estimate of drug-likeness (QED) is 0.604. The number of halogens is 2. The number of sulfonamides is 1. The Hall–Kier alpha value is -2.33. The molecule has 8 nitrogen and oxygen atoms in total. The molecule has 29 heavy (non-hydrogen) atoms. The fourth-order valence-electron chi connectivity index (χ4n) is 3.00. The highest BCUT2D eigenvalue weighted by molar-refractivity contribution is 7.92. The van der Waals surface area contributed by atoms with Gasteiger partial charge in [-0.15, -0.1) is 0 Å². The summed E-state index contributed by atoms with van der Waals surface area (Å²) in [5.41, 5.74) is 0.422. The highest BCUT2D eigenvalue weighted by atomic mass is 35.5. The smallest absolute Gasteiger partial charge is 0.291 e. The first-order chi connectivity index (χ1) is 13.9. The normalized spacial score (nSPS) is 14.9. The number of amides is 1. The molecule has 1 amide bonds. The number of aromatic nitrogens is 1. The van der Waals surface area contributed by atoms with Crippen molar-refractivity contribution < 1.29 is 22.4 Å². The summed E-state index contributed by atoms with van der Waals surface area (Å²) in [5, 5.41) is 0.232. The van der Waals surface area contributed by atoms with Crippen molar-refractivity contribution in [1.29, 1.82) is 0 Å². The molecule has 1 saturated heterocycles. The lowest BCUT2D eigenvalue weighted by Crippen LogP contribution is -2.40. The van der Waals surface area contributed by atoms with Gasteiger partial charge in [-0.05, 0) is 24.3 Å². The van der Waals surface area contributed by atoms with E-state index < -0.39 is 15.9 Å². The van der Waals surface area contributed by atoms with Crippen LogP contribution < -0.4 is 4.72 Å². The number of furan rings is 1. The maximum absolute atomic E-state index is 13.0. The van der Waals surface area contributed by atoms with E-state index in [0.29, 0.717) is 37.3 Å². The average molecular weight is 456 g/mol. The highest BCUT2D eigenvalue weighted by Gasteiger charge is 2.30. The first-order valence-corrected chi connectivity index (χ1v) is 10.8. The van der Waals surface area contributed by atoms with Gasteiger partial charge in [-0.25, -0.2) is 13.4 Å². The Kier molecular flexibility index (Phi) is 5.39. The minimum atomic E-state index is -4.17. The second kappa shape index (κ2) is 7.83. The number of para-hydroxylation sites is 1. The van der Waals surface area contributed by atoms with Crippen LogP contribution in [0.25, 0.3) is 11.0 Å². The zero-order valence-corrected chi connectivity index (χ0v) is 17.2. The third-order valence-electron chi connectivity index (χ3n) is 4.39. The molecular weight excluding hydrogens is 441 g/mol. The number of nitrogens with one attached hydrogen (secondary N) is 1. The Balaban J connectivity index is 1.79. The second-order valence-corrected chi connectivity index (χ2v) is 8.63. The van der Waals surface area contributed by atoms with Crippen LogP contribution in [0.3, 0.4) is 0 Å². The van der Waals surface area contributed by atoms with Gasteiger partial charge in [-0.3, -0.25) is 9.52 Å². The summed E-state index contributed by atoms with van der Waals surface area (Å²) in [4.78, 5) is 18.1. The van der Waals surface area contributed by atoms with Crippen molar-refractivity contribution in [2.75, 3.05) is 31.0 Å². The maximum atomic E-state index is 13.0. The number of nitrogens with zero attached hydrogens (tertiary/aromatic N) is 2. The molecule has 1 fully saturated rings. The Morgan fingerprint density at radius 1 is 1.10 bits per heavy atom. The van der Waals surface area contributed by atoms with Crippen molar-refractivity contribution >= 4 is 55.8 Å². The standard InChI is InChI=1S/C18H15Cl2N3O5S/c19-14-6-5-13(17(20)21-14)29(25,26)22-15-11-3-1-2-4-12(11)28-16(15)18(24)23-7-9-27-10-8-23/h1-6,22H,7-10H2. The van der Waals surface area contributed by atoms with Gasteiger partial charge in [-0.1, -0.05) is 35.3 Å². The molecule has 0 atom stereocenters.